The summed E-state index contributed by atoms with van der Waals surface area (Å²) < 4.78 is 0. The number of nitrogens with zero attached hydrogens (tertiary/aromatic N) is 1. The number of fused-ring (bicyclic) bond motifs is 1. The Hall–Kier alpha value is -2.45. The maximum Gasteiger partial charge on any atom is 0.290 e. The van der Waals surface area contributed by atoms with E-state index < -0.39 is 34.7 Å². The van der Waals surface area contributed by atoms with E-state index in [-0.39, 0.29) is 41.0 Å². The molecule has 1 heterocycles. The van der Waals surface area contributed by atoms with Crippen LogP contribution in [-0.4, -0.2) is 65.0 Å². The average Bonchev–Trinajstić information content (AvgIpc) is 3.59. The molecular weight excluding hydrogens is 448 g/mol. The number of carbonyl (C=O) groups excluding carboxylic acids is 5. The highest BCUT2D eigenvalue weighted by Gasteiger charge is 2.70. The van der Waals surface area contributed by atoms with E-state index >= 15 is 0 Å². The van der Waals surface area contributed by atoms with E-state index in [0.717, 1.165) is 19.3 Å². The summed E-state index contributed by atoms with van der Waals surface area (Å²) in [4.78, 5) is 66.1. The summed E-state index contributed by atoms with van der Waals surface area (Å²) in [5.41, 5.74) is -1.85. The SMILES string of the molecule is CCC1CC(NC(=O)[C@@H]2[C@@H]3[C@H](CN2C(=O)[C@@H](NC=O)C(C)(C)C)C3(C)C)(C(=O)C(=O)NC2CC2)C1. The zero-order valence-electron chi connectivity index (χ0n) is 21.8. The van der Waals surface area contributed by atoms with Crippen molar-refractivity contribution >= 4 is 29.9 Å². The van der Waals surface area contributed by atoms with Crippen LogP contribution in [-0.2, 0) is 24.0 Å². The predicted octanol–water partition coefficient (Wildman–Crippen LogP) is 1.15. The van der Waals surface area contributed by atoms with Crippen LogP contribution in [0.15, 0.2) is 0 Å². The van der Waals surface area contributed by atoms with Gasteiger partial charge in [-0.2, -0.15) is 0 Å². The van der Waals surface area contributed by atoms with Crippen molar-refractivity contribution in [3.63, 3.8) is 0 Å². The molecule has 4 rings (SSSR count). The first-order valence-corrected chi connectivity index (χ1v) is 12.9. The van der Waals surface area contributed by atoms with Crippen molar-refractivity contribution < 1.29 is 24.0 Å². The summed E-state index contributed by atoms with van der Waals surface area (Å²) in [6, 6.07) is -1.46. The van der Waals surface area contributed by atoms with Gasteiger partial charge in [0.2, 0.25) is 24.0 Å². The van der Waals surface area contributed by atoms with Gasteiger partial charge in [-0.25, -0.2) is 0 Å². The molecule has 194 valence electrons. The number of hydrogen-bond acceptors (Lipinski definition) is 5. The topological polar surface area (TPSA) is 125 Å². The van der Waals surface area contributed by atoms with Gasteiger partial charge in [-0.15, -0.1) is 0 Å². The summed E-state index contributed by atoms with van der Waals surface area (Å²) in [6.07, 6.45) is 4.00. The molecule has 0 aromatic heterocycles. The molecule has 0 aromatic rings. The van der Waals surface area contributed by atoms with E-state index in [0.29, 0.717) is 25.8 Å². The van der Waals surface area contributed by atoms with Gasteiger partial charge < -0.3 is 20.9 Å². The molecule has 3 aliphatic carbocycles. The zero-order valence-corrected chi connectivity index (χ0v) is 21.8. The third-order valence-corrected chi connectivity index (χ3v) is 8.88. The molecule has 4 fully saturated rings. The maximum absolute atomic E-state index is 13.8. The second-order valence-corrected chi connectivity index (χ2v) is 12.8. The minimum absolute atomic E-state index is 0.0298. The first kappa shape index (κ1) is 25.6. The van der Waals surface area contributed by atoms with Crippen LogP contribution < -0.4 is 16.0 Å². The Morgan fingerprint density at radius 3 is 2.26 bits per heavy atom. The smallest absolute Gasteiger partial charge is 0.290 e. The molecule has 9 nitrogen and oxygen atoms in total. The van der Waals surface area contributed by atoms with Gasteiger partial charge >= 0.3 is 0 Å². The summed E-state index contributed by atoms with van der Waals surface area (Å²) >= 11 is 0. The quantitative estimate of drug-likeness (QED) is 0.332. The number of likely N-dealkylation sites (tertiary alicyclic amines) is 1. The van der Waals surface area contributed by atoms with Crippen LogP contribution in [0.5, 0.6) is 0 Å². The molecule has 3 N–H and O–H groups in total. The Labute approximate surface area is 207 Å². The fraction of sp³-hybridized carbons (Fsp3) is 0.808. The van der Waals surface area contributed by atoms with Gasteiger partial charge in [0.05, 0.1) is 0 Å². The summed E-state index contributed by atoms with van der Waals surface area (Å²) in [6.45, 7) is 12.3. The molecule has 4 amide bonds. The first-order valence-electron chi connectivity index (χ1n) is 12.9. The minimum atomic E-state index is -1.22. The highest BCUT2D eigenvalue weighted by Crippen LogP contribution is 2.65. The highest BCUT2D eigenvalue weighted by atomic mass is 16.2. The van der Waals surface area contributed by atoms with Crippen molar-refractivity contribution in [2.45, 2.75) is 97.3 Å². The van der Waals surface area contributed by atoms with E-state index in [2.05, 4.69) is 29.8 Å². The summed E-state index contributed by atoms with van der Waals surface area (Å²) in [7, 11) is 0. The molecule has 35 heavy (non-hydrogen) atoms. The number of Topliss-reactive ketones (excluding diaryl/α,β-unsaturated/α-hetero) is 1. The molecule has 0 radical (unpaired) electrons. The third-order valence-electron chi connectivity index (χ3n) is 8.88. The van der Waals surface area contributed by atoms with Gasteiger partial charge in [0, 0.05) is 12.6 Å². The number of amides is 4. The van der Waals surface area contributed by atoms with Crippen LogP contribution in [0.2, 0.25) is 0 Å². The van der Waals surface area contributed by atoms with E-state index in [1.807, 2.05) is 27.7 Å². The van der Waals surface area contributed by atoms with E-state index in [1.165, 1.54) is 0 Å². The Morgan fingerprint density at radius 2 is 1.74 bits per heavy atom. The number of nitrogens with one attached hydrogen (secondary N) is 3. The molecular formula is C26H40N4O5. The lowest BCUT2D eigenvalue weighted by atomic mass is 9.64. The number of hydrogen-bond donors (Lipinski definition) is 3. The van der Waals surface area contributed by atoms with Gasteiger partial charge in [0.1, 0.15) is 17.6 Å². The van der Waals surface area contributed by atoms with E-state index in [4.69, 9.17) is 0 Å². The van der Waals surface area contributed by atoms with Crippen molar-refractivity contribution in [2.24, 2.45) is 28.6 Å². The van der Waals surface area contributed by atoms with Crippen molar-refractivity contribution in [2.75, 3.05) is 6.54 Å². The second-order valence-electron chi connectivity index (χ2n) is 12.8. The van der Waals surface area contributed by atoms with Crippen LogP contribution in [0.4, 0.5) is 0 Å². The van der Waals surface area contributed by atoms with Crippen molar-refractivity contribution in [3.8, 4) is 0 Å². The van der Waals surface area contributed by atoms with Crippen LogP contribution in [0.3, 0.4) is 0 Å². The minimum Gasteiger partial charge on any atom is -0.347 e. The fourth-order valence-corrected chi connectivity index (χ4v) is 6.30. The molecule has 1 saturated heterocycles. The first-order chi connectivity index (χ1) is 16.3. The summed E-state index contributed by atoms with van der Waals surface area (Å²) in [5.74, 6) is -1.47. The lowest BCUT2D eigenvalue weighted by Crippen LogP contribution is -2.68. The van der Waals surface area contributed by atoms with Crippen molar-refractivity contribution in [1.82, 2.24) is 20.9 Å². The van der Waals surface area contributed by atoms with Crippen LogP contribution in [0.25, 0.3) is 0 Å². The van der Waals surface area contributed by atoms with Crippen molar-refractivity contribution in [3.05, 3.63) is 0 Å². The third kappa shape index (κ3) is 4.47. The Kier molecular flexibility index (Phi) is 6.29. The molecule has 4 aliphatic rings. The van der Waals surface area contributed by atoms with Crippen LogP contribution >= 0.6 is 0 Å². The zero-order chi connectivity index (χ0) is 25.9. The highest BCUT2D eigenvalue weighted by molar-refractivity contribution is 6.40. The van der Waals surface area contributed by atoms with E-state index in [1.54, 1.807) is 4.90 Å². The van der Waals surface area contributed by atoms with Crippen LogP contribution in [0, 0.1) is 28.6 Å². The number of carbonyl (C=O) groups is 5. The fourth-order valence-electron chi connectivity index (χ4n) is 6.30. The van der Waals surface area contributed by atoms with Crippen molar-refractivity contribution in [1.29, 1.82) is 0 Å². The molecule has 0 aromatic carbocycles. The van der Waals surface area contributed by atoms with Gasteiger partial charge in [-0.1, -0.05) is 48.0 Å². The molecule has 0 bridgehead atoms. The monoisotopic (exact) mass is 488 g/mol. The Balaban J connectivity index is 1.56. The van der Waals surface area contributed by atoms with Gasteiger partial charge in [-0.3, -0.25) is 24.0 Å². The Bertz CT molecular complexity index is 929. The summed E-state index contributed by atoms with van der Waals surface area (Å²) in [5, 5.41) is 8.37. The normalized spacial score (nSPS) is 33.6. The van der Waals surface area contributed by atoms with Crippen LogP contribution in [0.1, 0.15) is 73.6 Å². The number of piperidine rings is 1. The number of ketones is 1. The maximum atomic E-state index is 13.8. The van der Waals surface area contributed by atoms with Gasteiger partial charge in [-0.05, 0) is 54.3 Å². The second kappa shape index (κ2) is 8.59. The average molecular weight is 489 g/mol. The Morgan fingerprint density at radius 1 is 1.11 bits per heavy atom. The lowest BCUT2D eigenvalue weighted by Gasteiger charge is -2.47. The lowest BCUT2D eigenvalue weighted by molar-refractivity contribution is -0.151. The largest absolute Gasteiger partial charge is 0.347 e. The molecule has 0 unspecified atom stereocenters. The molecule has 1 aliphatic heterocycles. The van der Waals surface area contributed by atoms with E-state index in [9.17, 15) is 24.0 Å². The molecule has 9 heteroatoms. The number of rotatable bonds is 9. The predicted molar refractivity (Wildman–Crippen MR) is 129 cm³/mol. The molecule has 4 atom stereocenters. The standard InChI is InChI=1S/C26H40N4O5/c1-7-14-10-26(11-14,20(32)22(34)28-15-8-9-15)29-21(33)18-17-16(25(17,5)6)12-30(18)23(35)19(27-13-31)24(2,3)4/h13-19H,7-12H2,1-6H3,(H,27,31)(H,28,34)(H,29,33)/t14?,16-,17-,18-,19+,26?/m0/s1. The van der Waals surface area contributed by atoms with Gasteiger partial charge in [0.15, 0.2) is 0 Å². The van der Waals surface area contributed by atoms with Gasteiger partial charge in [0.25, 0.3) is 5.91 Å². The molecule has 0 spiro atoms. The molecule has 3 saturated carbocycles.